The molecule has 1 amide bonds. The van der Waals surface area contributed by atoms with E-state index in [2.05, 4.69) is 20.5 Å². The first kappa shape index (κ1) is 12.8. The Balaban J connectivity index is 2.24. The lowest BCUT2D eigenvalue weighted by Gasteiger charge is -2.08. The number of hydrogen-bond donors (Lipinski definition) is 2. The SMILES string of the molecule is COc1n[nH]c(NC(=O)c2c(F)cccc2OC)n1. The number of hydrogen-bond acceptors (Lipinski definition) is 5. The van der Waals surface area contributed by atoms with Gasteiger partial charge in [0, 0.05) is 0 Å². The fourth-order valence-corrected chi connectivity index (χ4v) is 1.46. The van der Waals surface area contributed by atoms with Gasteiger partial charge in [-0.2, -0.15) is 4.98 Å². The summed E-state index contributed by atoms with van der Waals surface area (Å²) in [6.07, 6.45) is 0. The van der Waals surface area contributed by atoms with Gasteiger partial charge in [-0.15, -0.1) is 5.10 Å². The number of carbonyl (C=O) groups is 1. The lowest BCUT2D eigenvalue weighted by Crippen LogP contribution is -2.16. The highest BCUT2D eigenvalue weighted by molar-refractivity contribution is 6.05. The number of rotatable bonds is 4. The molecule has 0 atom stereocenters. The Bertz CT molecular complexity index is 599. The molecular weight excluding hydrogens is 255 g/mol. The van der Waals surface area contributed by atoms with Crippen LogP contribution in [-0.4, -0.2) is 35.3 Å². The fraction of sp³-hybridized carbons (Fsp3) is 0.182. The van der Waals surface area contributed by atoms with E-state index in [0.29, 0.717) is 0 Å². The second-order valence-corrected chi connectivity index (χ2v) is 3.44. The third-order valence-corrected chi connectivity index (χ3v) is 2.30. The maximum absolute atomic E-state index is 13.6. The normalized spacial score (nSPS) is 10.1. The van der Waals surface area contributed by atoms with Crippen LogP contribution in [0, 0.1) is 5.82 Å². The zero-order chi connectivity index (χ0) is 13.8. The molecule has 0 aliphatic carbocycles. The van der Waals surface area contributed by atoms with E-state index < -0.39 is 11.7 Å². The van der Waals surface area contributed by atoms with Crippen molar-refractivity contribution in [1.29, 1.82) is 0 Å². The van der Waals surface area contributed by atoms with Crippen molar-refractivity contribution in [1.82, 2.24) is 15.2 Å². The number of H-pyrrole nitrogens is 1. The fourth-order valence-electron chi connectivity index (χ4n) is 1.46. The number of nitrogens with one attached hydrogen (secondary N) is 2. The molecule has 1 heterocycles. The summed E-state index contributed by atoms with van der Waals surface area (Å²) in [5.41, 5.74) is -0.208. The number of carbonyl (C=O) groups excluding carboxylic acids is 1. The molecule has 19 heavy (non-hydrogen) atoms. The molecule has 2 aromatic rings. The molecule has 0 saturated carbocycles. The first-order chi connectivity index (χ1) is 9.15. The molecule has 0 saturated heterocycles. The Morgan fingerprint density at radius 2 is 2.16 bits per heavy atom. The largest absolute Gasteiger partial charge is 0.496 e. The van der Waals surface area contributed by atoms with Crippen molar-refractivity contribution >= 4 is 11.9 Å². The van der Waals surface area contributed by atoms with Gasteiger partial charge in [-0.1, -0.05) is 6.07 Å². The van der Waals surface area contributed by atoms with Crippen LogP contribution in [0.3, 0.4) is 0 Å². The molecule has 8 heteroatoms. The molecule has 1 aromatic carbocycles. The van der Waals surface area contributed by atoms with Crippen molar-refractivity contribution in [2.45, 2.75) is 0 Å². The second kappa shape index (κ2) is 5.34. The average Bonchev–Trinajstić information content (AvgIpc) is 2.85. The first-order valence-corrected chi connectivity index (χ1v) is 5.26. The highest BCUT2D eigenvalue weighted by Gasteiger charge is 2.18. The third kappa shape index (κ3) is 2.62. The highest BCUT2D eigenvalue weighted by atomic mass is 19.1. The van der Waals surface area contributed by atoms with Crippen LogP contribution in [0.4, 0.5) is 10.3 Å². The van der Waals surface area contributed by atoms with Crippen LogP contribution in [-0.2, 0) is 0 Å². The van der Waals surface area contributed by atoms with Gasteiger partial charge in [0.15, 0.2) is 0 Å². The van der Waals surface area contributed by atoms with E-state index >= 15 is 0 Å². The summed E-state index contributed by atoms with van der Waals surface area (Å²) in [5, 5.41) is 8.44. The molecule has 100 valence electrons. The van der Waals surface area contributed by atoms with Crippen LogP contribution >= 0.6 is 0 Å². The lowest BCUT2D eigenvalue weighted by molar-refractivity contribution is 0.101. The maximum Gasteiger partial charge on any atom is 0.336 e. The van der Waals surface area contributed by atoms with Crippen molar-refractivity contribution in [3.05, 3.63) is 29.6 Å². The highest BCUT2D eigenvalue weighted by Crippen LogP contribution is 2.22. The minimum atomic E-state index is -0.700. The minimum absolute atomic E-state index is 0.0483. The Hall–Kier alpha value is -2.64. The molecular formula is C11H11FN4O3. The van der Waals surface area contributed by atoms with Crippen molar-refractivity contribution in [3.8, 4) is 11.8 Å². The number of nitrogens with zero attached hydrogens (tertiary/aromatic N) is 2. The van der Waals surface area contributed by atoms with Gasteiger partial charge in [-0.05, 0) is 12.1 Å². The smallest absolute Gasteiger partial charge is 0.336 e. The molecule has 1 aromatic heterocycles. The molecule has 2 rings (SSSR count). The second-order valence-electron chi connectivity index (χ2n) is 3.44. The van der Waals surface area contributed by atoms with E-state index in [4.69, 9.17) is 9.47 Å². The molecule has 2 N–H and O–H groups in total. The van der Waals surface area contributed by atoms with Gasteiger partial charge in [0.1, 0.15) is 17.1 Å². The van der Waals surface area contributed by atoms with Crippen LogP contribution in [0.2, 0.25) is 0 Å². The number of amides is 1. The summed E-state index contributed by atoms with van der Waals surface area (Å²) in [6.45, 7) is 0. The Morgan fingerprint density at radius 1 is 1.37 bits per heavy atom. The number of ether oxygens (including phenoxy) is 2. The molecule has 0 aliphatic heterocycles. The van der Waals surface area contributed by atoms with E-state index in [1.165, 1.54) is 32.4 Å². The van der Waals surface area contributed by atoms with Gasteiger partial charge in [0.25, 0.3) is 5.91 Å². The van der Waals surface area contributed by atoms with Gasteiger partial charge in [-0.3, -0.25) is 10.1 Å². The topological polar surface area (TPSA) is 89.1 Å². The van der Waals surface area contributed by atoms with E-state index in [1.807, 2.05) is 0 Å². The molecule has 0 fully saturated rings. The monoisotopic (exact) mass is 266 g/mol. The summed E-state index contributed by atoms with van der Waals surface area (Å²) in [5.74, 6) is -1.21. The quantitative estimate of drug-likeness (QED) is 0.868. The zero-order valence-corrected chi connectivity index (χ0v) is 10.2. The van der Waals surface area contributed by atoms with Gasteiger partial charge < -0.3 is 9.47 Å². The van der Waals surface area contributed by atoms with Crippen LogP contribution in [0.5, 0.6) is 11.8 Å². The standard InChI is InChI=1S/C11H11FN4O3/c1-18-7-5-3-4-6(12)8(7)9(17)13-10-14-11(19-2)16-15-10/h3-5H,1-2H3,(H2,13,14,15,16,17). The first-order valence-electron chi connectivity index (χ1n) is 5.26. The van der Waals surface area contributed by atoms with Crippen molar-refractivity contribution in [2.24, 2.45) is 0 Å². The molecule has 0 unspecified atom stereocenters. The summed E-state index contributed by atoms with van der Waals surface area (Å²) in [7, 11) is 2.73. The summed E-state index contributed by atoms with van der Waals surface area (Å²) < 4.78 is 23.3. The number of anilines is 1. The predicted molar refractivity (Wildman–Crippen MR) is 63.8 cm³/mol. The average molecular weight is 266 g/mol. The van der Waals surface area contributed by atoms with Crippen LogP contribution in [0.25, 0.3) is 0 Å². The van der Waals surface area contributed by atoms with Crippen molar-refractivity contribution in [2.75, 3.05) is 19.5 Å². The summed E-state index contributed by atoms with van der Waals surface area (Å²) in [4.78, 5) is 15.7. The minimum Gasteiger partial charge on any atom is -0.496 e. The van der Waals surface area contributed by atoms with E-state index in [1.54, 1.807) is 0 Å². The van der Waals surface area contributed by atoms with Gasteiger partial charge >= 0.3 is 6.01 Å². The van der Waals surface area contributed by atoms with Gasteiger partial charge in [0.2, 0.25) is 5.95 Å². The summed E-state index contributed by atoms with van der Waals surface area (Å²) >= 11 is 0. The summed E-state index contributed by atoms with van der Waals surface area (Å²) in [6, 6.07) is 4.16. The molecule has 0 bridgehead atoms. The number of benzene rings is 1. The zero-order valence-electron chi connectivity index (χ0n) is 10.2. The maximum atomic E-state index is 13.6. The van der Waals surface area contributed by atoms with Crippen LogP contribution in [0.1, 0.15) is 10.4 Å². The Morgan fingerprint density at radius 3 is 2.79 bits per heavy atom. The number of aromatic nitrogens is 3. The number of methoxy groups -OCH3 is 2. The Labute approximate surface area is 107 Å². The van der Waals surface area contributed by atoms with E-state index in [-0.39, 0.29) is 23.3 Å². The van der Waals surface area contributed by atoms with E-state index in [0.717, 1.165) is 0 Å². The van der Waals surface area contributed by atoms with Gasteiger partial charge in [-0.25, -0.2) is 9.49 Å². The molecule has 7 nitrogen and oxygen atoms in total. The number of halogens is 1. The van der Waals surface area contributed by atoms with Gasteiger partial charge in [0.05, 0.1) is 14.2 Å². The number of aromatic amines is 1. The predicted octanol–water partition coefficient (Wildman–Crippen LogP) is 1.21. The van der Waals surface area contributed by atoms with Crippen LogP contribution in [0.15, 0.2) is 18.2 Å². The van der Waals surface area contributed by atoms with Crippen molar-refractivity contribution in [3.63, 3.8) is 0 Å². The molecule has 0 aliphatic rings. The Kier molecular flexibility index (Phi) is 3.60. The third-order valence-electron chi connectivity index (χ3n) is 2.30. The van der Waals surface area contributed by atoms with E-state index in [9.17, 15) is 9.18 Å². The molecule has 0 radical (unpaired) electrons. The molecule has 0 spiro atoms. The van der Waals surface area contributed by atoms with Crippen LogP contribution < -0.4 is 14.8 Å². The van der Waals surface area contributed by atoms with Crippen molar-refractivity contribution < 1.29 is 18.7 Å². The lowest BCUT2D eigenvalue weighted by atomic mass is 10.1.